The molecule has 0 atom stereocenters. The molecule has 0 spiro atoms. The molecule has 68 valence electrons. The van der Waals surface area contributed by atoms with Crippen molar-refractivity contribution in [2.75, 3.05) is 7.11 Å². The fraction of sp³-hybridized carbons (Fsp3) is 0.250. The van der Waals surface area contributed by atoms with Gasteiger partial charge in [-0.1, -0.05) is 0 Å². The van der Waals surface area contributed by atoms with E-state index in [9.17, 15) is 0 Å². The van der Waals surface area contributed by atoms with Gasteiger partial charge in [0.25, 0.3) is 0 Å². The number of carbonyl (C=O) groups excluding carboxylic acids is 3. The van der Waals surface area contributed by atoms with Crippen LogP contribution in [-0.2, 0) is 18.8 Å². The summed E-state index contributed by atoms with van der Waals surface area (Å²) in [5.74, 6) is 0. The van der Waals surface area contributed by atoms with E-state index in [0.717, 1.165) is 28.7 Å². The Morgan fingerprint density at radius 2 is 1.00 bits per heavy atom. The van der Waals surface area contributed by atoms with Gasteiger partial charge in [0.1, 0.15) is 10.5 Å². The summed E-state index contributed by atoms with van der Waals surface area (Å²) in [5, 5.41) is 16.2. The van der Waals surface area contributed by atoms with E-state index in [1.807, 2.05) is 0 Å². The van der Waals surface area contributed by atoms with Gasteiger partial charge in [-0.15, -0.1) is 0 Å². The van der Waals surface area contributed by atoms with Crippen LogP contribution >= 0.6 is 0 Å². The molecule has 0 aliphatic rings. The van der Waals surface area contributed by atoms with Gasteiger partial charge < -0.3 is 4.43 Å². The van der Waals surface area contributed by atoms with Gasteiger partial charge in [0.05, 0.1) is 0 Å². The third-order valence-electron chi connectivity index (χ3n) is 0. The summed E-state index contributed by atoms with van der Waals surface area (Å²) in [6.07, 6.45) is 2.25. The third kappa shape index (κ3) is 157. The van der Waals surface area contributed by atoms with Crippen molar-refractivity contribution in [3.8, 4) is 0 Å². The molecule has 0 unspecified atom stereocenters. The van der Waals surface area contributed by atoms with Crippen LogP contribution in [-0.4, -0.2) is 35.8 Å². The number of nitrogens with one attached hydrogen (secondary N) is 3. The minimum absolute atomic E-state index is 0.750. The SMILES string of the molecule is CO[SiH3].N=C=O.N=C=O.N=C=O. The van der Waals surface area contributed by atoms with Gasteiger partial charge in [0.2, 0.25) is 18.2 Å². The molecule has 12 heavy (non-hydrogen) atoms. The van der Waals surface area contributed by atoms with Crippen molar-refractivity contribution in [3.63, 3.8) is 0 Å². The highest BCUT2D eigenvalue weighted by molar-refractivity contribution is 5.97. The van der Waals surface area contributed by atoms with Gasteiger partial charge in [-0.2, -0.15) is 0 Å². The summed E-state index contributed by atoms with van der Waals surface area (Å²) in [5.41, 5.74) is 0. The Morgan fingerprint density at radius 3 is 1.00 bits per heavy atom. The zero-order valence-corrected chi connectivity index (χ0v) is 8.63. The summed E-state index contributed by atoms with van der Waals surface area (Å²) < 4.78 is 4.39. The van der Waals surface area contributed by atoms with E-state index in [4.69, 9.17) is 30.6 Å². The van der Waals surface area contributed by atoms with Gasteiger partial charge in [0, 0.05) is 7.11 Å². The topological polar surface area (TPSA) is 132 Å². The zero-order chi connectivity index (χ0) is 10.8. The summed E-state index contributed by atoms with van der Waals surface area (Å²) in [6, 6.07) is 0. The van der Waals surface area contributed by atoms with Crippen molar-refractivity contribution in [3.05, 3.63) is 0 Å². The fourth-order valence-corrected chi connectivity index (χ4v) is 0. The molecular formula is C4H9N3O4Si. The van der Waals surface area contributed by atoms with Crippen LogP contribution in [0, 0.1) is 16.2 Å². The van der Waals surface area contributed by atoms with E-state index in [2.05, 4.69) is 4.43 Å². The predicted octanol–water partition coefficient (Wildman–Crippen LogP) is -1.38. The lowest BCUT2D eigenvalue weighted by Crippen LogP contribution is -1.60. The lowest BCUT2D eigenvalue weighted by atomic mass is 11.7. The molecule has 0 aromatic carbocycles. The highest BCUT2D eigenvalue weighted by atomic mass is 28.2. The first-order valence-corrected chi connectivity index (χ1v) is 3.00. The standard InChI is InChI=1S/3CHNO.CH6OSi/c3*2-1-3;1-2-3/h3*2H;1,3H3. The Balaban J connectivity index is -0.0000000356. The van der Waals surface area contributed by atoms with Crippen molar-refractivity contribution in [2.24, 2.45) is 0 Å². The Hall–Kier alpha value is -1.68. The number of hydrogen-bond acceptors (Lipinski definition) is 7. The lowest BCUT2D eigenvalue weighted by molar-refractivity contribution is 0.460. The molecule has 0 aliphatic carbocycles. The number of rotatable bonds is 0. The second-order valence-electron chi connectivity index (χ2n) is 0.714. The average molecular weight is 191 g/mol. The third-order valence-corrected chi connectivity index (χ3v) is 0. The van der Waals surface area contributed by atoms with Crippen molar-refractivity contribution in [2.45, 2.75) is 0 Å². The first-order valence-electron chi connectivity index (χ1n) is 2.18. The van der Waals surface area contributed by atoms with Crippen LogP contribution in [0.3, 0.4) is 0 Å². The predicted molar refractivity (Wildman–Crippen MR) is 42.2 cm³/mol. The molecule has 0 aromatic heterocycles. The van der Waals surface area contributed by atoms with Crippen LogP contribution in [0.5, 0.6) is 0 Å². The molecule has 0 fully saturated rings. The molecule has 0 aromatic rings. The molecule has 0 aliphatic heterocycles. The average Bonchev–Trinajstić information content (AvgIpc) is 1.92. The Morgan fingerprint density at radius 1 is 1.00 bits per heavy atom. The second kappa shape index (κ2) is 120. The number of hydrogen-bond donors (Lipinski definition) is 3. The molecule has 0 rings (SSSR count). The molecule has 3 N–H and O–H groups in total. The van der Waals surface area contributed by atoms with Crippen LogP contribution in [0.25, 0.3) is 0 Å². The molecule has 0 radical (unpaired) electrons. The molecule has 0 heterocycles. The summed E-state index contributed by atoms with van der Waals surface area (Å²) in [7, 11) is 2.56. The van der Waals surface area contributed by atoms with Gasteiger partial charge in [-0.3, -0.25) is 0 Å². The van der Waals surface area contributed by atoms with Gasteiger partial charge in [-0.05, 0) is 0 Å². The van der Waals surface area contributed by atoms with E-state index in [1.165, 1.54) is 0 Å². The van der Waals surface area contributed by atoms with Crippen LogP contribution in [0.1, 0.15) is 0 Å². The van der Waals surface area contributed by atoms with E-state index in [0.29, 0.717) is 0 Å². The highest BCUT2D eigenvalue weighted by Gasteiger charge is 1.27. The molecule has 0 bridgehead atoms. The van der Waals surface area contributed by atoms with Crippen molar-refractivity contribution in [1.29, 1.82) is 16.2 Å². The van der Waals surface area contributed by atoms with Crippen LogP contribution in [0.2, 0.25) is 0 Å². The van der Waals surface area contributed by atoms with E-state index < -0.39 is 0 Å². The minimum atomic E-state index is 0.750. The second-order valence-corrected chi connectivity index (χ2v) is 1.53. The molecule has 0 saturated heterocycles. The monoisotopic (exact) mass is 191 g/mol. The lowest BCUT2D eigenvalue weighted by Gasteiger charge is -1.61. The molecular weight excluding hydrogens is 182 g/mol. The zero-order valence-electron chi connectivity index (χ0n) is 6.63. The number of isocyanates is 3. The van der Waals surface area contributed by atoms with E-state index >= 15 is 0 Å². The largest absolute Gasteiger partial charge is 0.431 e. The summed E-state index contributed by atoms with van der Waals surface area (Å²) in [6.45, 7) is 0. The molecule has 0 amide bonds. The van der Waals surface area contributed by atoms with Gasteiger partial charge in [-0.25, -0.2) is 30.6 Å². The first kappa shape index (κ1) is 22.4. The van der Waals surface area contributed by atoms with E-state index in [1.54, 1.807) is 7.11 Å². The molecule has 7 nitrogen and oxygen atoms in total. The highest BCUT2D eigenvalue weighted by Crippen LogP contribution is 1.24. The Bertz CT molecular complexity index is 125. The quantitative estimate of drug-likeness (QED) is 0.247. The van der Waals surface area contributed by atoms with Crippen LogP contribution in [0.15, 0.2) is 0 Å². The summed E-state index contributed by atoms with van der Waals surface area (Å²) in [4.78, 5) is 25.0. The maximum absolute atomic E-state index is 8.35. The molecule has 0 saturated carbocycles. The van der Waals surface area contributed by atoms with Crippen molar-refractivity contribution >= 4 is 28.7 Å². The van der Waals surface area contributed by atoms with Crippen LogP contribution < -0.4 is 0 Å². The Labute approximate surface area is 71.8 Å². The maximum Gasteiger partial charge on any atom is 0.231 e. The van der Waals surface area contributed by atoms with E-state index in [-0.39, 0.29) is 0 Å². The van der Waals surface area contributed by atoms with Crippen LogP contribution in [0.4, 0.5) is 0 Å². The normalized spacial score (nSPS) is 3.75. The minimum Gasteiger partial charge on any atom is -0.431 e. The van der Waals surface area contributed by atoms with Crippen molar-refractivity contribution < 1.29 is 18.8 Å². The fourth-order valence-electron chi connectivity index (χ4n) is 0. The maximum atomic E-state index is 8.35. The van der Waals surface area contributed by atoms with Gasteiger partial charge in [0.15, 0.2) is 0 Å². The smallest absolute Gasteiger partial charge is 0.231 e. The van der Waals surface area contributed by atoms with Crippen molar-refractivity contribution in [1.82, 2.24) is 0 Å². The first-order chi connectivity index (χ1) is 5.66. The molecule has 8 heteroatoms. The summed E-state index contributed by atoms with van der Waals surface area (Å²) >= 11 is 0. The Kier molecular flexibility index (Phi) is 225. The van der Waals surface area contributed by atoms with Gasteiger partial charge >= 0.3 is 0 Å².